The number of carbonyl (C=O) groups excluding carboxylic acids is 2. The van der Waals surface area contributed by atoms with Gasteiger partial charge >= 0.3 is 0 Å². The third-order valence-electron chi connectivity index (χ3n) is 3.91. The van der Waals surface area contributed by atoms with Gasteiger partial charge in [-0.3, -0.25) is 9.59 Å². The number of nitrogens with one attached hydrogen (secondary N) is 1. The number of nitrogens with zero attached hydrogens (tertiary/aromatic N) is 1. The fourth-order valence-corrected chi connectivity index (χ4v) is 2.68. The number of hydrogen-bond donors (Lipinski definition) is 1. The molecule has 0 bridgehead atoms. The van der Waals surface area contributed by atoms with E-state index in [0.717, 1.165) is 12.0 Å². The summed E-state index contributed by atoms with van der Waals surface area (Å²) in [5.74, 6) is -0.963. The van der Waals surface area contributed by atoms with Gasteiger partial charge in [0, 0.05) is 5.69 Å². The molecule has 1 heterocycles. The van der Waals surface area contributed by atoms with Crippen LogP contribution in [0, 0.1) is 5.82 Å². The summed E-state index contributed by atoms with van der Waals surface area (Å²) >= 11 is 0. The Morgan fingerprint density at radius 2 is 1.91 bits per heavy atom. The standard InChI is InChI=1S/C18H17FN2O2/c1-2-12-6-8-15(9-7-12)21-17(22)11-16(18(21)23)20-14-5-3-4-13(19)10-14/h3-10,16,20H,2,11H2,1H3. The van der Waals surface area contributed by atoms with Gasteiger partial charge in [-0.05, 0) is 42.3 Å². The number of aryl methyl sites for hydroxylation is 1. The van der Waals surface area contributed by atoms with Crippen LogP contribution in [-0.4, -0.2) is 17.9 Å². The Labute approximate surface area is 133 Å². The van der Waals surface area contributed by atoms with Crippen LogP contribution in [0.3, 0.4) is 0 Å². The van der Waals surface area contributed by atoms with E-state index in [9.17, 15) is 14.0 Å². The highest BCUT2D eigenvalue weighted by Crippen LogP contribution is 2.25. The molecule has 1 unspecified atom stereocenters. The van der Waals surface area contributed by atoms with Crippen LogP contribution in [0.15, 0.2) is 48.5 Å². The summed E-state index contributed by atoms with van der Waals surface area (Å²) in [6, 6.07) is 12.5. The summed E-state index contributed by atoms with van der Waals surface area (Å²) in [6.07, 6.45) is 0.955. The van der Waals surface area contributed by atoms with Crippen molar-refractivity contribution in [2.24, 2.45) is 0 Å². The summed E-state index contributed by atoms with van der Waals surface area (Å²) in [5.41, 5.74) is 2.20. The van der Waals surface area contributed by atoms with E-state index in [0.29, 0.717) is 11.4 Å². The van der Waals surface area contributed by atoms with Crippen LogP contribution >= 0.6 is 0 Å². The Morgan fingerprint density at radius 3 is 2.57 bits per heavy atom. The Hall–Kier alpha value is -2.69. The lowest BCUT2D eigenvalue weighted by molar-refractivity contribution is -0.121. The van der Waals surface area contributed by atoms with E-state index >= 15 is 0 Å². The normalized spacial score (nSPS) is 17.7. The summed E-state index contributed by atoms with van der Waals surface area (Å²) in [5, 5.41) is 2.93. The smallest absolute Gasteiger partial charge is 0.256 e. The molecule has 118 valence electrons. The second kappa shape index (κ2) is 6.20. The van der Waals surface area contributed by atoms with Crippen molar-refractivity contribution in [3.63, 3.8) is 0 Å². The van der Waals surface area contributed by atoms with E-state index in [-0.39, 0.29) is 18.2 Å². The van der Waals surface area contributed by atoms with Crippen molar-refractivity contribution in [1.82, 2.24) is 0 Å². The Kier molecular flexibility index (Phi) is 4.10. The fraction of sp³-hybridized carbons (Fsp3) is 0.222. The molecule has 2 amide bonds. The van der Waals surface area contributed by atoms with Gasteiger partial charge in [0.25, 0.3) is 5.91 Å². The molecule has 5 heteroatoms. The summed E-state index contributed by atoms with van der Waals surface area (Å²) in [7, 11) is 0. The van der Waals surface area contributed by atoms with Gasteiger partial charge in [0.05, 0.1) is 12.1 Å². The van der Waals surface area contributed by atoms with Crippen LogP contribution in [0.4, 0.5) is 15.8 Å². The monoisotopic (exact) mass is 312 g/mol. The molecule has 1 aliphatic rings. The predicted molar refractivity (Wildman–Crippen MR) is 86.7 cm³/mol. The van der Waals surface area contributed by atoms with Gasteiger partial charge in [0.1, 0.15) is 11.9 Å². The highest BCUT2D eigenvalue weighted by atomic mass is 19.1. The van der Waals surface area contributed by atoms with E-state index in [2.05, 4.69) is 5.32 Å². The zero-order valence-corrected chi connectivity index (χ0v) is 12.8. The van der Waals surface area contributed by atoms with Crippen LogP contribution in [0.2, 0.25) is 0 Å². The van der Waals surface area contributed by atoms with E-state index in [1.54, 1.807) is 24.3 Å². The molecule has 4 nitrogen and oxygen atoms in total. The van der Waals surface area contributed by atoms with E-state index < -0.39 is 11.9 Å². The number of amides is 2. The average molecular weight is 312 g/mol. The molecule has 1 saturated heterocycles. The average Bonchev–Trinajstić information content (AvgIpc) is 2.81. The van der Waals surface area contributed by atoms with Gasteiger partial charge in [-0.25, -0.2) is 9.29 Å². The van der Waals surface area contributed by atoms with Gasteiger partial charge in [0.15, 0.2) is 0 Å². The van der Waals surface area contributed by atoms with Gasteiger partial charge < -0.3 is 5.32 Å². The Morgan fingerprint density at radius 1 is 1.17 bits per heavy atom. The first-order valence-electron chi connectivity index (χ1n) is 7.56. The number of rotatable bonds is 4. The Bertz CT molecular complexity index is 743. The maximum absolute atomic E-state index is 13.2. The van der Waals surface area contributed by atoms with Crippen LogP contribution in [0.25, 0.3) is 0 Å². The maximum Gasteiger partial charge on any atom is 0.256 e. The van der Waals surface area contributed by atoms with Crippen molar-refractivity contribution in [2.75, 3.05) is 10.2 Å². The molecule has 0 radical (unpaired) electrons. The molecule has 1 aliphatic heterocycles. The summed E-state index contributed by atoms with van der Waals surface area (Å²) in [4.78, 5) is 25.9. The lowest BCUT2D eigenvalue weighted by Crippen LogP contribution is -2.34. The largest absolute Gasteiger partial charge is 0.373 e. The van der Waals surface area contributed by atoms with Crippen molar-refractivity contribution in [2.45, 2.75) is 25.8 Å². The SMILES string of the molecule is CCc1ccc(N2C(=O)CC(Nc3cccc(F)c3)C2=O)cc1. The molecular formula is C18H17FN2O2. The van der Waals surface area contributed by atoms with Crippen molar-refractivity contribution in [3.8, 4) is 0 Å². The number of anilines is 2. The minimum absolute atomic E-state index is 0.0604. The molecule has 3 rings (SSSR count). The van der Waals surface area contributed by atoms with Crippen molar-refractivity contribution >= 4 is 23.2 Å². The topological polar surface area (TPSA) is 49.4 Å². The summed E-state index contributed by atoms with van der Waals surface area (Å²) < 4.78 is 13.2. The van der Waals surface area contributed by atoms with Gasteiger partial charge in [0.2, 0.25) is 5.91 Å². The number of hydrogen-bond acceptors (Lipinski definition) is 3. The molecule has 0 aliphatic carbocycles. The zero-order valence-electron chi connectivity index (χ0n) is 12.8. The molecular weight excluding hydrogens is 295 g/mol. The quantitative estimate of drug-likeness (QED) is 0.882. The fourth-order valence-electron chi connectivity index (χ4n) is 2.68. The van der Waals surface area contributed by atoms with Crippen LogP contribution < -0.4 is 10.2 Å². The molecule has 1 atom stereocenters. The molecule has 0 aromatic heterocycles. The van der Waals surface area contributed by atoms with E-state index in [4.69, 9.17) is 0 Å². The van der Waals surface area contributed by atoms with Crippen molar-refractivity contribution in [3.05, 3.63) is 59.9 Å². The maximum atomic E-state index is 13.2. The van der Waals surface area contributed by atoms with Crippen LogP contribution in [0.5, 0.6) is 0 Å². The first kappa shape index (κ1) is 15.2. The zero-order chi connectivity index (χ0) is 16.4. The number of imide groups is 1. The molecule has 2 aromatic carbocycles. The van der Waals surface area contributed by atoms with Gasteiger partial charge in [-0.1, -0.05) is 25.1 Å². The summed E-state index contributed by atoms with van der Waals surface area (Å²) in [6.45, 7) is 2.04. The highest BCUT2D eigenvalue weighted by molar-refractivity contribution is 6.23. The Balaban J connectivity index is 1.79. The van der Waals surface area contributed by atoms with Crippen LogP contribution in [-0.2, 0) is 16.0 Å². The molecule has 2 aromatic rings. The number of benzene rings is 2. The molecule has 0 saturated carbocycles. The number of halogens is 1. The lowest BCUT2D eigenvalue weighted by atomic mass is 10.1. The third-order valence-corrected chi connectivity index (χ3v) is 3.91. The molecule has 0 spiro atoms. The van der Waals surface area contributed by atoms with Crippen molar-refractivity contribution in [1.29, 1.82) is 0 Å². The first-order chi connectivity index (χ1) is 11.1. The molecule has 23 heavy (non-hydrogen) atoms. The minimum atomic E-state index is -0.671. The van der Waals surface area contributed by atoms with Crippen molar-refractivity contribution < 1.29 is 14.0 Å². The third kappa shape index (κ3) is 3.08. The van der Waals surface area contributed by atoms with E-state index in [1.165, 1.54) is 17.0 Å². The minimum Gasteiger partial charge on any atom is -0.373 e. The van der Waals surface area contributed by atoms with Gasteiger partial charge in [-0.2, -0.15) is 0 Å². The number of carbonyl (C=O) groups is 2. The lowest BCUT2D eigenvalue weighted by Gasteiger charge is -2.16. The van der Waals surface area contributed by atoms with E-state index in [1.807, 2.05) is 19.1 Å². The van der Waals surface area contributed by atoms with Crippen LogP contribution in [0.1, 0.15) is 18.9 Å². The second-order valence-electron chi connectivity index (χ2n) is 5.50. The highest BCUT2D eigenvalue weighted by Gasteiger charge is 2.39. The predicted octanol–water partition coefficient (Wildman–Crippen LogP) is 3.13. The second-order valence-corrected chi connectivity index (χ2v) is 5.50. The molecule has 1 N–H and O–H groups in total. The van der Waals surface area contributed by atoms with Gasteiger partial charge in [-0.15, -0.1) is 0 Å². The molecule has 1 fully saturated rings. The first-order valence-corrected chi connectivity index (χ1v) is 7.56.